The molecule has 2 aromatic carbocycles. The number of nitrogens with zero attached hydrogens (tertiary/aromatic N) is 4. The van der Waals surface area contributed by atoms with Crippen molar-refractivity contribution in [2.75, 3.05) is 12.9 Å². The average molecular weight is 423 g/mol. The predicted molar refractivity (Wildman–Crippen MR) is 118 cm³/mol. The van der Waals surface area contributed by atoms with Gasteiger partial charge in [0.15, 0.2) is 5.16 Å². The van der Waals surface area contributed by atoms with Crippen LogP contribution in [0.2, 0.25) is 0 Å². The lowest BCUT2D eigenvalue weighted by molar-refractivity contribution is -0.117. The summed E-state index contributed by atoms with van der Waals surface area (Å²) in [6, 6.07) is 13.1. The van der Waals surface area contributed by atoms with Crippen LogP contribution >= 0.6 is 11.8 Å². The highest BCUT2D eigenvalue weighted by Gasteiger charge is 2.20. The number of hydrogen-bond donors (Lipinski definition) is 0. The molecule has 0 bridgehead atoms. The summed E-state index contributed by atoms with van der Waals surface area (Å²) in [7, 11) is 1.58. The number of para-hydroxylation sites is 1. The number of carbonyl (C=O) groups is 1. The minimum absolute atomic E-state index is 0.174. The Bertz CT molecular complexity index is 1310. The normalized spacial score (nSPS) is 11.3. The van der Waals surface area contributed by atoms with E-state index in [1.54, 1.807) is 24.7 Å². The van der Waals surface area contributed by atoms with Crippen LogP contribution < -0.4 is 10.3 Å². The maximum absolute atomic E-state index is 13.4. The smallest absolute Gasteiger partial charge is 0.267 e. The Morgan fingerprint density at radius 2 is 1.97 bits per heavy atom. The highest BCUT2D eigenvalue weighted by Crippen LogP contribution is 2.28. The molecule has 0 aliphatic rings. The van der Waals surface area contributed by atoms with Crippen molar-refractivity contribution in [3.8, 4) is 11.4 Å². The van der Waals surface area contributed by atoms with Crippen LogP contribution in [0.15, 0.2) is 52.4 Å². The van der Waals surface area contributed by atoms with E-state index in [-0.39, 0.29) is 11.3 Å². The number of methoxy groups -OCH3 is 1. The molecule has 2 aromatic heterocycles. The van der Waals surface area contributed by atoms with Gasteiger partial charge < -0.3 is 9.53 Å². The summed E-state index contributed by atoms with van der Waals surface area (Å²) in [5.74, 6) is 1.92. The molecular weight excluding hydrogens is 400 g/mol. The van der Waals surface area contributed by atoms with Crippen molar-refractivity contribution in [3.05, 3.63) is 58.4 Å². The van der Waals surface area contributed by atoms with E-state index in [0.29, 0.717) is 34.2 Å². The van der Waals surface area contributed by atoms with Gasteiger partial charge in [0.1, 0.15) is 11.5 Å². The van der Waals surface area contributed by atoms with E-state index in [1.165, 1.54) is 11.8 Å². The Balaban J connectivity index is 1.95. The number of aryl methyl sites for hydroxylation is 1. The van der Waals surface area contributed by atoms with Gasteiger partial charge in [-0.3, -0.25) is 9.20 Å². The number of aromatic nitrogens is 4. The quantitative estimate of drug-likeness (QED) is 0.333. The monoisotopic (exact) mass is 422 g/mol. The minimum Gasteiger partial charge on any atom is -0.495 e. The molecule has 4 rings (SSSR count). The fraction of sp³-hybridized carbons (Fsp3) is 0.273. The Morgan fingerprint density at radius 1 is 1.17 bits per heavy atom. The van der Waals surface area contributed by atoms with Crippen molar-refractivity contribution < 1.29 is 9.53 Å². The maximum Gasteiger partial charge on any atom is 0.267 e. The first-order valence-electron chi connectivity index (χ1n) is 9.67. The lowest BCUT2D eigenvalue weighted by Crippen LogP contribution is -2.22. The molecule has 0 aliphatic heterocycles. The van der Waals surface area contributed by atoms with Crippen molar-refractivity contribution >= 4 is 34.2 Å². The van der Waals surface area contributed by atoms with Gasteiger partial charge >= 0.3 is 0 Å². The lowest BCUT2D eigenvalue weighted by Gasteiger charge is -2.14. The van der Waals surface area contributed by atoms with Crippen LogP contribution in [0.1, 0.15) is 25.3 Å². The second-order valence-electron chi connectivity index (χ2n) is 7.11. The summed E-state index contributed by atoms with van der Waals surface area (Å²) in [5, 5.41) is 9.97. The Kier molecular flexibility index (Phi) is 5.59. The molecule has 0 N–H and O–H groups in total. The molecule has 0 amide bonds. The van der Waals surface area contributed by atoms with Gasteiger partial charge in [-0.1, -0.05) is 30.0 Å². The number of hydrogen-bond acceptors (Lipinski definition) is 6. The standard InChI is InChI=1S/C22H22N4O3S/c1-14-10-11-19(29-3)18(13-14)25-20(28)16-8-4-5-9-17(16)26-21(25)23-24-22(26)30-12-6-7-15(2)27/h4-5,8-11,13H,6-7,12H2,1-3H3. The van der Waals surface area contributed by atoms with Crippen molar-refractivity contribution in [2.24, 2.45) is 0 Å². The number of benzene rings is 2. The largest absolute Gasteiger partial charge is 0.495 e. The van der Waals surface area contributed by atoms with Crippen molar-refractivity contribution in [1.29, 1.82) is 0 Å². The summed E-state index contributed by atoms with van der Waals surface area (Å²) in [6.07, 6.45) is 1.30. The minimum atomic E-state index is -0.178. The maximum atomic E-state index is 13.4. The number of ether oxygens (including phenoxy) is 1. The molecule has 0 unspecified atom stereocenters. The van der Waals surface area contributed by atoms with Crippen LogP contribution in [-0.2, 0) is 4.79 Å². The third-order valence-electron chi connectivity index (χ3n) is 4.87. The first-order chi connectivity index (χ1) is 14.5. The first-order valence-corrected chi connectivity index (χ1v) is 10.7. The summed E-state index contributed by atoms with van der Waals surface area (Å²) < 4.78 is 8.98. The van der Waals surface area contributed by atoms with Crippen molar-refractivity contribution in [1.82, 2.24) is 19.2 Å². The highest BCUT2D eigenvalue weighted by molar-refractivity contribution is 7.99. The van der Waals surface area contributed by atoms with Gasteiger partial charge in [-0.25, -0.2) is 4.57 Å². The van der Waals surface area contributed by atoms with E-state index < -0.39 is 0 Å². The van der Waals surface area contributed by atoms with Crippen LogP contribution in [0.3, 0.4) is 0 Å². The third kappa shape index (κ3) is 3.59. The van der Waals surface area contributed by atoms with Gasteiger partial charge in [-0.05, 0) is 50.1 Å². The second kappa shape index (κ2) is 8.31. The summed E-state index contributed by atoms with van der Waals surface area (Å²) in [4.78, 5) is 24.7. The molecule has 7 nitrogen and oxygen atoms in total. The number of Topliss-reactive ketones (excluding diaryl/α,β-unsaturated/α-hetero) is 1. The number of fused-ring (bicyclic) bond motifs is 3. The Labute approximate surface area is 177 Å². The van der Waals surface area contributed by atoms with Crippen LogP contribution in [0.5, 0.6) is 5.75 Å². The summed E-state index contributed by atoms with van der Waals surface area (Å²) in [6.45, 7) is 3.56. The van der Waals surface area contributed by atoms with E-state index in [9.17, 15) is 9.59 Å². The van der Waals surface area contributed by atoms with E-state index in [4.69, 9.17) is 4.74 Å². The van der Waals surface area contributed by atoms with Gasteiger partial charge in [-0.15, -0.1) is 10.2 Å². The molecule has 154 valence electrons. The molecule has 0 atom stereocenters. The zero-order valence-corrected chi connectivity index (χ0v) is 17.9. The molecule has 2 heterocycles. The van der Waals surface area contributed by atoms with Gasteiger partial charge in [-0.2, -0.15) is 0 Å². The van der Waals surface area contributed by atoms with E-state index in [2.05, 4.69) is 10.2 Å². The SMILES string of the molecule is COc1ccc(C)cc1-n1c(=O)c2ccccc2n2c(SCCCC(C)=O)nnc12. The average Bonchev–Trinajstić information content (AvgIpc) is 3.15. The first kappa shape index (κ1) is 20.2. The van der Waals surface area contributed by atoms with Crippen LogP contribution in [-0.4, -0.2) is 37.8 Å². The predicted octanol–water partition coefficient (Wildman–Crippen LogP) is 3.81. The molecule has 0 fully saturated rings. The zero-order chi connectivity index (χ0) is 21.3. The Morgan fingerprint density at radius 3 is 2.73 bits per heavy atom. The van der Waals surface area contributed by atoms with Crippen LogP contribution in [0, 0.1) is 6.92 Å². The van der Waals surface area contributed by atoms with Crippen molar-refractivity contribution in [2.45, 2.75) is 31.8 Å². The van der Waals surface area contributed by atoms with Gasteiger partial charge in [0.05, 0.1) is 23.7 Å². The second-order valence-corrected chi connectivity index (χ2v) is 8.17. The Hall–Kier alpha value is -3.13. The lowest BCUT2D eigenvalue weighted by atomic mass is 10.2. The summed E-state index contributed by atoms with van der Waals surface area (Å²) >= 11 is 1.53. The fourth-order valence-electron chi connectivity index (χ4n) is 3.45. The summed E-state index contributed by atoms with van der Waals surface area (Å²) in [5.41, 5.74) is 2.20. The molecule has 0 saturated heterocycles. The van der Waals surface area contributed by atoms with Gasteiger partial charge in [0.2, 0.25) is 5.78 Å². The fourth-order valence-corrected chi connectivity index (χ4v) is 4.33. The van der Waals surface area contributed by atoms with E-state index in [1.807, 2.05) is 47.7 Å². The molecule has 0 radical (unpaired) electrons. The number of thioether (sulfide) groups is 1. The van der Waals surface area contributed by atoms with Gasteiger partial charge in [0, 0.05) is 12.2 Å². The highest BCUT2D eigenvalue weighted by atomic mass is 32.2. The third-order valence-corrected chi connectivity index (χ3v) is 5.89. The van der Waals surface area contributed by atoms with E-state index in [0.717, 1.165) is 23.3 Å². The molecule has 4 aromatic rings. The zero-order valence-electron chi connectivity index (χ0n) is 17.1. The van der Waals surface area contributed by atoms with Crippen LogP contribution in [0.4, 0.5) is 0 Å². The van der Waals surface area contributed by atoms with Gasteiger partial charge in [0.25, 0.3) is 5.56 Å². The topological polar surface area (TPSA) is 78.5 Å². The molecule has 0 aliphatic carbocycles. The number of carbonyl (C=O) groups excluding carboxylic acids is 1. The molecule has 30 heavy (non-hydrogen) atoms. The molecule has 8 heteroatoms. The number of ketones is 1. The van der Waals surface area contributed by atoms with E-state index >= 15 is 0 Å². The molecule has 0 saturated carbocycles. The van der Waals surface area contributed by atoms with Crippen molar-refractivity contribution in [3.63, 3.8) is 0 Å². The number of rotatable bonds is 7. The molecular formula is C22H22N4O3S. The van der Waals surface area contributed by atoms with Crippen LogP contribution in [0.25, 0.3) is 22.4 Å². The molecule has 0 spiro atoms.